The zero-order valence-electron chi connectivity index (χ0n) is 18.7. The monoisotopic (exact) mass is 400 g/mol. The Balaban J connectivity index is 1.48. The van der Waals surface area contributed by atoms with E-state index < -0.39 is 0 Å². The minimum absolute atomic E-state index is 0.498. The lowest BCUT2D eigenvalue weighted by molar-refractivity contribution is 0.198. The molecule has 2 heterocycles. The number of rotatable bonds is 8. The van der Waals surface area contributed by atoms with E-state index in [4.69, 9.17) is 9.73 Å². The largest absolute Gasteiger partial charge is 0.497 e. The van der Waals surface area contributed by atoms with Gasteiger partial charge in [-0.2, -0.15) is 0 Å². The number of likely N-dealkylation sites (tertiary alicyclic amines) is 2. The van der Waals surface area contributed by atoms with Crippen molar-refractivity contribution >= 4 is 5.96 Å². The molecule has 0 bridgehead atoms. The maximum absolute atomic E-state index is 5.26. The molecule has 2 fully saturated rings. The molecule has 0 saturated carbocycles. The molecule has 29 heavy (non-hydrogen) atoms. The van der Waals surface area contributed by atoms with Crippen molar-refractivity contribution in [2.24, 2.45) is 10.9 Å². The molecule has 2 saturated heterocycles. The van der Waals surface area contributed by atoms with Gasteiger partial charge in [0.25, 0.3) is 0 Å². The van der Waals surface area contributed by atoms with Crippen LogP contribution in [0.15, 0.2) is 29.3 Å². The zero-order valence-corrected chi connectivity index (χ0v) is 18.7. The first-order valence-corrected chi connectivity index (χ1v) is 11.6. The van der Waals surface area contributed by atoms with Crippen LogP contribution in [0.5, 0.6) is 5.75 Å². The quantitative estimate of drug-likeness (QED) is 0.530. The number of nitrogens with zero attached hydrogens (tertiary/aromatic N) is 3. The normalized spacial score (nSPS) is 22.0. The topological polar surface area (TPSA) is 40.1 Å². The molecular formula is C24H40N4O. The number of benzene rings is 1. The van der Waals surface area contributed by atoms with Gasteiger partial charge >= 0.3 is 0 Å². The van der Waals surface area contributed by atoms with Gasteiger partial charge in [0.1, 0.15) is 5.75 Å². The summed E-state index contributed by atoms with van der Waals surface area (Å²) < 4.78 is 5.26. The van der Waals surface area contributed by atoms with Crippen LogP contribution in [0, 0.1) is 5.92 Å². The van der Waals surface area contributed by atoms with E-state index in [2.05, 4.69) is 41.1 Å². The highest BCUT2D eigenvalue weighted by atomic mass is 16.5. The lowest BCUT2D eigenvalue weighted by Gasteiger charge is -2.29. The Labute approximate surface area is 177 Å². The second-order valence-electron chi connectivity index (χ2n) is 8.66. The Morgan fingerprint density at radius 2 is 1.93 bits per heavy atom. The van der Waals surface area contributed by atoms with Crippen molar-refractivity contribution in [2.45, 2.75) is 51.9 Å². The van der Waals surface area contributed by atoms with E-state index in [1.165, 1.54) is 50.9 Å². The molecular weight excluding hydrogens is 360 g/mol. The third-order valence-electron chi connectivity index (χ3n) is 6.39. The van der Waals surface area contributed by atoms with Gasteiger partial charge in [-0.1, -0.05) is 25.5 Å². The van der Waals surface area contributed by atoms with Crippen LogP contribution >= 0.6 is 0 Å². The summed E-state index contributed by atoms with van der Waals surface area (Å²) in [5, 5.41) is 3.52. The maximum Gasteiger partial charge on any atom is 0.193 e. The molecule has 162 valence electrons. The van der Waals surface area contributed by atoms with Gasteiger partial charge in [0.2, 0.25) is 0 Å². The van der Waals surface area contributed by atoms with E-state index in [0.29, 0.717) is 5.92 Å². The standard InChI is InChI=1S/C24H40N4O/c1-4-25-24(26-14-12-20(2)22-8-10-23(29-3)11-9-22)28-17-13-21(19-28)18-27-15-6-5-7-16-27/h8-11,20-21H,4-7,12-19H2,1-3H3,(H,25,26). The molecule has 0 spiro atoms. The van der Waals surface area contributed by atoms with Gasteiger partial charge in [0, 0.05) is 32.7 Å². The summed E-state index contributed by atoms with van der Waals surface area (Å²) in [6, 6.07) is 8.44. The molecule has 0 radical (unpaired) electrons. The Kier molecular flexibility index (Phi) is 8.66. The summed E-state index contributed by atoms with van der Waals surface area (Å²) in [4.78, 5) is 10.1. The van der Waals surface area contributed by atoms with Crippen molar-refractivity contribution in [1.29, 1.82) is 0 Å². The summed E-state index contributed by atoms with van der Waals surface area (Å²) in [7, 11) is 1.71. The van der Waals surface area contributed by atoms with Crippen LogP contribution in [0.25, 0.3) is 0 Å². The van der Waals surface area contributed by atoms with Crippen LogP contribution < -0.4 is 10.1 Å². The van der Waals surface area contributed by atoms with E-state index in [1.807, 2.05) is 12.1 Å². The number of nitrogens with one attached hydrogen (secondary N) is 1. The van der Waals surface area contributed by atoms with Crippen molar-refractivity contribution in [1.82, 2.24) is 15.1 Å². The fraction of sp³-hybridized carbons (Fsp3) is 0.708. The van der Waals surface area contributed by atoms with Gasteiger partial charge in [0.15, 0.2) is 5.96 Å². The smallest absolute Gasteiger partial charge is 0.193 e. The molecule has 2 aliphatic rings. The van der Waals surface area contributed by atoms with Crippen LogP contribution in [0.3, 0.4) is 0 Å². The maximum atomic E-state index is 5.26. The van der Waals surface area contributed by atoms with Gasteiger partial charge in [-0.3, -0.25) is 4.99 Å². The third kappa shape index (κ3) is 6.63. The number of aliphatic imine (C=N–C) groups is 1. The SMILES string of the molecule is CCNC(=NCCC(C)c1ccc(OC)cc1)N1CCC(CN2CCCCC2)C1. The van der Waals surface area contributed by atoms with Crippen molar-refractivity contribution in [3.8, 4) is 5.75 Å². The Bertz CT molecular complexity index is 624. The highest BCUT2D eigenvalue weighted by Gasteiger charge is 2.26. The van der Waals surface area contributed by atoms with Crippen molar-refractivity contribution < 1.29 is 4.74 Å². The van der Waals surface area contributed by atoms with Gasteiger partial charge in [-0.05, 0) is 75.2 Å². The van der Waals surface area contributed by atoms with E-state index in [1.54, 1.807) is 7.11 Å². The number of piperidine rings is 1. The zero-order chi connectivity index (χ0) is 20.5. The fourth-order valence-electron chi connectivity index (χ4n) is 4.57. The molecule has 1 N–H and O–H groups in total. The van der Waals surface area contributed by atoms with Crippen LogP contribution in [0.4, 0.5) is 0 Å². The number of ether oxygens (including phenoxy) is 1. The number of methoxy groups -OCH3 is 1. The average molecular weight is 401 g/mol. The van der Waals surface area contributed by atoms with Crippen molar-refractivity contribution in [3.05, 3.63) is 29.8 Å². The van der Waals surface area contributed by atoms with Crippen LogP contribution in [-0.2, 0) is 0 Å². The molecule has 2 atom stereocenters. The highest BCUT2D eigenvalue weighted by molar-refractivity contribution is 5.80. The van der Waals surface area contributed by atoms with Crippen LogP contribution in [0.1, 0.15) is 57.4 Å². The predicted octanol–water partition coefficient (Wildman–Crippen LogP) is 3.96. The third-order valence-corrected chi connectivity index (χ3v) is 6.39. The predicted molar refractivity (Wildman–Crippen MR) is 122 cm³/mol. The van der Waals surface area contributed by atoms with Crippen LogP contribution in [0.2, 0.25) is 0 Å². The molecule has 5 heteroatoms. The molecule has 2 unspecified atom stereocenters. The van der Waals surface area contributed by atoms with E-state index in [0.717, 1.165) is 50.2 Å². The van der Waals surface area contributed by atoms with Gasteiger partial charge in [-0.25, -0.2) is 0 Å². The molecule has 5 nitrogen and oxygen atoms in total. The lowest BCUT2D eigenvalue weighted by Crippen LogP contribution is -2.41. The first-order chi connectivity index (χ1) is 14.2. The van der Waals surface area contributed by atoms with E-state index >= 15 is 0 Å². The van der Waals surface area contributed by atoms with Gasteiger partial charge in [-0.15, -0.1) is 0 Å². The second kappa shape index (κ2) is 11.4. The molecule has 1 aromatic carbocycles. The first kappa shape index (κ1) is 21.9. The van der Waals surface area contributed by atoms with Crippen molar-refractivity contribution in [3.63, 3.8) is 0 Å². The van der Waals surface area contributed by atoms with Gasteiger partial charge in [0.05, 0.1) is 7.11 Å². The van der Waals surface area contributed by atoms with E-state index in [-0.39, 0.29) is 0 Å². The summed E-state index contributed by atoms with van der Waals surface area (Å²) in [6.45, 7) is 12.4. The number of hydrogen-bond donors (Lipinski definition) is 1. The molecule has 2 aliphatic heterocycles. The molecule has 0 aromatic heterocycles. The number of hydrogen-bond acceptors (Lipinski definition) is 3. The van der Waals surface area contributed by atoms with E-state index in [9.17, 15) is 0 Å². The average Bonchev–Trinajstić information content (AvgIpc) is 3.22. The summed E-state index contributed by atoms with van der Waals surface area (Å²) in [5.74, 6) is 3.31. The Morgan fingerprint density at radius 1 is 1.17 bits per heavy atom. The Hall–Kier alpha value is -1.75. The van der Waals surface area contributed by atoms with Gasteiger partial charge < -0.3 is 19.9 Å². The summed E-state index contributed by atoms with van der Waals surface area (Å²) in [5.41, 5.74) is 1.36. The van der Waals surface area contributed by atoms with Crippen molar-refractivity contribution in [2.75, 3.05) is 52.9 Å². The Morgan fingerprint density at radius 3 is 2.62 bits per heavy atom. The summed E-state index contributed by atoms with van der Waals surface area (Å²) in [6.07, 6.45) is 6.54. The number of guanidine groups is 1. The molecule has 1 aromatic rings. The molecule has 0 aliphatic carbocycles. The minimum Gasteiger partial charge on any atom is -0.497 e. The first-order valence-electron chi connectivity index (χ1n) is 11.6. The molecule has 3 rings (SSSR count). The lowest BCUT2D eigenvalue weighted by atomic mass is 9.98. The summed E-state index contributed by atoms with van der Waals surface area (Å²) >= 11 is 0. The van der Waals surface area contributed by atoms with Crippen LogP contribution in [-0.4, -0.2) is 68.7 Å². The molecule has 0 amide bonds. The minimum atomic E-state index is 0.498. The fourth-order valence-corrected chi connectivity index (χ4v) is 4.57. The second-order valence-corrected chi connectivity index (χ2v) is 8.66. The highest BCUT2D eigenvalue weighted by Crippen LogP contribution is 2.23.